The van der Waals surface area contributed by atoms with Crippen LogP contribution in [0.25, 0.3) is 0 Å². The number of carbonyl (C=O) groups excluding carboxylic acids is 1. The van der Waals surface area contributed by atoms with E-state index in [4.69, 9.17) is 0 Å². The molecule has 0 heterocycles. The molecule has 0 fully saturated rings. The minimum absolute atomic E-state index is 0.140. The molecule has 0 aliphatic heterocycles. The summed E-state index contributed by atoms with van der Waals surface area (Å²) in [6, 6.07) is 6.31. The molecule has 0 amide bonds. The molecule has 0 aromatic heterocycles. The van der Waals surface area contributed by atoms with Crippen LogP contribution in [0.2, 0.25) is 0 Å². The van der Waals surface area contributed by atoms with Crippen LogP contribution >= 0.6 is 0 Å². The fraction of sp³-hybridized carbons (Fsp3) is 0.533. The summed E-state index contributed by atoms with van der Waals surface area (Å²) in [6.07, 6.45) is -0.671. The molecule has 1 atom stereocenters. The van der Waals surface area contributed by atoms with Gasteiger partial charge in [0, 0.05) is 24.7 Å². The lowest BCUT2D eigenvalue weighted by atomic mass is 10.1. The van der Waals surface area contributed by atoms with Crippen molar-refractivity contribution in [1.82, 2.24) is 4.90 Å². The zero-order valence-corrected chi connectivity index (χ0v) is 12.2. The average Bonchev–Trinajstić information content (AvgIpc) is 2.42. The number of esters is 1. The second kappa shape index (κ2) is 7.97. The van der Waals surface area contributed by atoms with Gasteiger partial charge in [-0.25, -0.2) is 4.39 Å². The summed E-state index contributed by atoms with van der Waals surface area (Å²) in [5, 5.41) is 10.1. The predicted octanol–water partition coefficient (Wildman–Crippen LogP) is 2.13. The molecule has 0 radical (unpaired) electrons. The summed E-state index contributed by atoms with van der Waals surface area (Å²) in [5.41, 5.74) is 0.274. The van der Waals surface area contributed by atoms with Crippen LogP contribution in [-0.2, 0) is 9.53 Å². The van der Waals surface area contributed by atoms with Crippen LogP contribution in [0.3, 0.4) is 0 Å². The van der Waals surface area contributed by atoms with Crippen LogP contribution in [0, 0.1) is 5.82 Å². The largest absolute Gasteiger partial charge is 0.469 e. The van der Waals surface area contributed by atoms with Gasteiger partial charge in [-0.05, 0) is 19.9 Å². The number of halogens is 1. The van der Waals surface area contributed by atoms with Crippen LogP contribution < -0.4 is 0 Å². The summed E-state index contributed by atoms with van der Waals surface area (Å²) in [5.74, 6) is -0.715. The minimum Gasteiger partial charge on any atom is -0.469 e. The molecule has 0 bridgehead atoms. The van der Waals surface area contributed by atoms with E-state index in [1.54, 1.807) is 18.2 Å². The summed E-state index contributed by atoms with van der Waals surface area (Å²) in [4.78, 5) is 13.1. The molecule has 4 nitrogen and oxygen atoms in total. The van der Waals surface area contributed by atoms with Gasteiger partial charge in [0.2, 0.25) is 0 Å². The molecule has 1 N–H and O–H groups in total. The molecular formula is C15H22FNO3. The van der Waals surface area contributed by atoms with E-state index in [0.717, 1.165) is 0 Å². The Morgan fingerprint density at radius 2 is 2.05 bits per heavy atom. The molecule has 1 rings (SSSR count). The number of carbonyl (C=O) groups is 1. The Hall–Kier alpha value is -1.46. The zero-order chi connectivity index (χ0) is 15.1. The highest BCUT2D eigenvalue weighted by atomic mass is 19.1. The third kappa shape index (κ3) is 4.90. The van der Waals surface area contributed by atoms with E-state index in [2.05, 4.69) is 4.74 Å². The Bertz CT molecular complexity index is 437. The molecule has 0 spiro atoms. The summed E-state index contributed by atoms with van der Waals surface area (Å²) >= 11 is 0. The van der Waals surface area contributed by atoms with Crippen molar-refractivity contribution in [3.05, 3.63) is 35.6 Å². The third-order valence-electron chi connectivity index (χ3n) is 3.23. The first kappa shape index (κ1) is 16.6. The Morgan fingerprint density at radius 1 is 1.40 bits per heavy atom. The maximum absolute atomic E-state index is 13.6. The second-order valence-corrected chi connectivity index (χ2v) is 4.95. The molecule has 1 unspecified atom stereocenters. The van der Waals surface area contributed by atoms with Gasteiger partial charge in [-0.1, -0.05) is 18.2 Å². The van der Waals surface area contributed by atoms with E-state index in [1.807, 2.05) is 18.7 Å². The predicted molar refractivity (Wildman–Crippen MR) is 74.7 cm³/mol. The van der Waals surface area contributed by atoms with Gasteiger partial charge in [0.1, 0.15) is 5.82 Å². The first-order valence-electron chi connectivity index (χ1n) is 6.69. The van der Waals surface area contributed by atoms with Gasteiger partial charge in [0.25, 0.3) is 0 Å². The van der Waals surface area contributed by atoms with Gasteiger partial charge in [-0.15, -0.1) is 0 Å². The molecule has 0 aliphatic carbocycles. The van der Waals surface area contributed by atoms with Crippen molar-refractivity contribution in [3.63, 3.8) is 0 Å². The molecule has 0 saturated carbocycles. The molecule has 1 aromatic rings. The summed E-state index contributed by atoms with van der Waals surface area (Å²) in [6.45, 7) is 4.67. The van der Waals surface area contributed by atoms with Gasteiger partial charge in [0.15, 0.2) is 0 Å². The van der Waals surface area contributed by atoms with Crippen LogP contribution in [-0.4, -0.2) is 42.2 Å². The van der Waals surface area contributed by atoms with Crippen LogP contribution in [0.5, 0.6) is 0 Å². The first-order valence-corrected chi connectivity index (χ1v) is 6.69. The fourth-order valence-electron chi connectivity index (χ4n) is 1.96. The van der Waals surface area contributed by atoms with Gasteiger partial charge < -0.3 is 9.84 Å². The molecule has 5 heteroatoms. The molecule has 0 aliphatic rings. The number of rotatable bonds is 7. The van der Waals surface area contributed by atoms with Gasteiger partial charge in [-0.3, -0.25) is 9.69 Å². The number of hydrogen-bond donors (Lipinski definition) is 1. The second-order valence-electron chi connectivity index (χ2n) is 4.95. The standard InChI is InChI=1S/C15H22FNO3/c1-11(2)17(9-8-15(19)20-3)10-14(18)12-6-4-5-7-13(12)16/h4-7,11,14,18H,8-10H2,1-3H3. The van der Waals surface area contributed by atoms with Crippen molar-refractivity contribution in [2.75, 3.05) is 20.2 Å². The smallest absolute Gasteiger partial charge is 0.306 e. The minimum atomic E-state index is -0.920. The molecule has 112 valence electrons. The van der Waals surface area contributed by atoms with Crippen LogP contribution in [0.4, 0.5) is 4.39 Å². The van der Waals surface area contributed by atoms with Gasteiger partial charge in [-0.2, -0.15) is 0 Å². The maximum atomic E-state index is 13.6. The average molecular weight is 283 g/mol. The third-order valence-corrected chi connectivity index (χ3v) is 3.23. The quantitative estimate of drug-likeness (QED) is 0.779. The van der Waals surface area contributed by atoms with Crippen molar-refractivity contribution < 1.29 is 19.0 Å². The SMILES string of the molecule is COC(=O)CCN(CC(O)c1ccccc1F)C(C)C. The van der Waals surface area contributed by atoms with E-state index < -0.39 is 11.9 Å². The number of hydrogen-bond acceptors (Lipinski definition) is 4. The normalized spacial score (nSPS) is 12.8. The zero-order valence-electron chi connectivity index (χ0n) is 12.2. The van der Waals surface area contributed by atoms with Crippen molar-refractivity contribution in [2.24, 2.45) is 0 Å². The van der Waals surface area contributed by atoms with Crippen LogP contribution in [0.1, 0.15) is 31.9 Å². The lowest BCUT2D eigenvalue weighted by Gasteiger charge is -2.28. The van der Waals surface area contributed by atoms with Gasteiger partial charge in [0.05, 0.1) is 19.6 Å². The Labute approximate surface area is 119 Å². The topological polar surface area (TPSA) is 49.8 Å². The summed E-state index contributed by atoms with van der Waals surface area (Å²) in [7, 11) is 1.34. The number of aliphatic hydroxyl groups is 1. The van der Waals surface area contributed by atoms with Crippen molar-refractivity contribution >= 4 is 5.97 Å². The highest BCUT2D eigenvalue weighted by molar-refractivity contribution is 5.69. The van der Waals surface area contributed by atoms with Crippen molar-refractivity contribution in [3.8, 4) is 0 Å². The number of ether oxygens (including phenoxy) is 1. The van der Waals surface area contributed by atoms with E-state index in [0.29, 0.717) is 6.54 Å². The summed E-state index contributed by atoms with van der Waals surface area (Å²) < 4.78 is 18.2. The lowest BCUT2D eigenvalue weighted by molar-refractivity contribution is -0.141. The lowest BCUT2D eigenvalue weighted by Crippen LogP contribution is -2.36. The Kier molecular flexibility index (Phi) is 6.61. The van der Waals surface area contributed by atoms with E-state index >= 15 is 0 Å². The molecule has 1 aromatic carbocycles. The number of aliphatic hydroxyl groups excluding tert-OH is 1. The Morgan fingerprint density at radius 3 is 2.60 bits per heavy atom. The Balaban J connectivity index is 2.66. The van der Waals surface area contributed by atoms with Gasteiger partial charge >= 0.3 is 5.97 Å². The van der Waals surface area contributed by atoms with E-state index in [9.17, 15) is 14.3 Å². The highest BCUT2D eigenvalue weighted by Crippen LogP contribution is 2.18. The van der Waals surface area contributed by atoms with Crippen molar-refractivity contribution in [2.45, 2.75) is 32.4 Å². The van der Waals surface area contributed by atoms with Crippen LogP contribution in [0.15, 0.2) is 24.3 Å². The number of methoxy groups -OCH3 is 1. The first-order chi connectivity index (χ1) is 9.45. The fourth-order valence-corrected chi connectivity index (χ4v) is 1.96. The highest BCUT2D eigenvalue weighted by Gasteiger charge is 2.19. The maximum Gasteiger partial charge on any atom is 0.306 e. The molecular weight excluding hydrogens is 261 g/mol. The van der Waals surface area contributed by atoms with Crippen molar-refractivity contribution in [1.29, 1.82) is 0 Å². The van der Waals surface area contributed by atoms with E-state index in [-0.39, 0.29) is 30.5 Å². The molecule has 0 saturated heterocycles. The number of nitrogens with zero attached hydrogens (tertiary/aromatic N) is 1. The van der Waals surface area contributed by atoms with E-state index in [1.165, 1.54) is 13.2 Å². The molecule has 20 heavy (non-hydrogen) atoms. The monoisotopic (exact) mass is 283 g/mol. The number of benzene rings is 1.